The summed E-state index contributed by atoms with van der Waals surface area (Å²) < 4.78 is 10.3. The molecule has 0 fully saturated rings. The second-order valence-corrected chi connectivity index (χ2v) is 7.44. The lowest BCUT2D eigenvalue weighted by Gasteiger charge is -2.14. The van der Waals surface area contributed by atoms with Gasteiger partial charge in [0.15, 0.2) is 11.9 Å². The Hall–Kier alpha value is -3.92. The molecule has 0 bridgehead atoms. The van der Waals surface area contributed by atoms with Crippen molar-refractivity contribution in [3.05, 3.63) is 70.5 Å². The summed E-state index contributed by atoms with van der Waals surface area (Å²) in [7, 11) is 0. The van der Waals surface area contributed by atoms with Crippen LogP contribution < -0.4 is 16.4 Å². The van der Waals surface area contributed by atoms with Gasteiger partial charge in [0, 0.05) is 5.69 Å². The van der Waals surface area contributed by atoms with E-state index in [0.717, 1.165) is 16.9 Å². The molecule has 1 unspecified atom stereocenters. The highest BCUT2D eigenvalue weighted by atomic mass is 32.1. The van der Waals surface area contributed by atoms with Crippen LogP contribution in [0, 0.1) is 6.92 Å². The van der Waals surface area contributed by atoms with Gasteiger partial charge in [0.25, 0.3) is 17.7 Å². The third-order valence-corrected chi connectivity index (χ3v) is 5.12. The second kappa shape index (κ2) is 9.26. The maximum absolute atomic E-state index is 12.5. The number of thiophene rings is 1. The number of primary amides is 1. The molecule has 0 radical (unpaired) electrons. The molecule has 2 heterocycles. The first-order chi connectivity index (χ1) is 14.8. The molecular weight excluding hydrogens is 422 g/mol. The van der Waals surface area contributed by atoms with E-state index in [2.05, 4.69) is 10.6 Å². The fourth-order valence-electron chi connectivity index (χ4n) is 2.57. The largest absolute Gasteiger partial charge is 0.459 e. The molecule has 0 aliphatic carbocycles. The topological polar surface area (TPSA) is 141 Å². The van der Waals surface area contributed by atoms with E-state index < -0.39 is 29.8 Å². The van der Waals surface area contributed by atoms with Crippen LogP contribution in [0.2, 0.25) is 0 Å². The van der Waals surface area contributed by atoms with Crippen molar-refractivity contribution in [3.8, 4) is 0 Å². The van der Waals surface area contributed by atoms with Crippen LogP contribution in [0.5, 0.6) is 0 Å². The molecular formula is C21H19N3O6S. The fourth-order valence-corrected chi connectivity index (χ4v) is 3.37. The predicted molar refractivity (Wildman–Crippen MR) is 114 cm³/mol. The van der Waals surface area contributed by atoms with E-state index in [9.17, 15) is 19.2 Å². The lowest BCUT2D eigenvalue weighted by molar-refractivity contribution is -0.123. The number of hydrogen-bond donors (Lipinski definition) is 3. The Morgan fingerprint density at radius 1 is 1.13 bits per heavy atom. The lowest BCUT2D eigenvalue weighted by Crippen LogP contribution is -2.30. The summed E-state index contributed by atoms with van der Waals surface area (Å²) in [6.07, 6.45) is 0.239. The van der Waals surface area contributed by atoms with Crippen LogP contribution in [0.3, 0.4) is 0 Å². The molecule has 31 heavy (non-hydrogen) atoms. The second-order valence-electron chi connectivity index (χ2n) is 6.53. The molecule has 160 valence electrons. The summed E-state index contributed by atoms with van der Waals surface area (Å²) in [4.78, 5) is 48.4. The van der Waals surface area contributed by atoms with E-state index in [0.29, 0.717) is 5.69 Å². The number of anilines is 2. The Kier molecular flexibility index (Phi) is 6.51. The summed E-state index contributed by atoms with van der Waals surface area (Å²) in [5.74, 6) is -2.38. The Bertz CT molecular complexity index is 1140. The summed E-state index contributed by atoms with van der Waals surface area (Å²) in [5, 5.41) is 7.08. The molecule has 3 amide bonds. The van der Waals surface area contributed by atoms with Gasteiger partial charge in [-0.15, -0.1) is 11.3 Å². The third kappa shape index (κ3) is 5.17. The molecule has 0 saturated heterocycles. The summed E-state index contributed by atoms with van der Waals surface area (Å²) in [6, 6.07) is 9.21. The molecule has 10 heteroatoms. The normalized spacial score (nSPS) is 11.4. The summed E-state index contributed by atoms with van der Waals surface area (Å²) in [6.45, 7) is 3.17. The maximum Gasteiger partial charge on any atom is 0.338 e. The van der Waals surface area contributed by atoms with Gasteiger partial charge in [0.2, 0.25) is 0 Å². The van der Waals surface area contributed by atoms with Crippen molar-refractivity contribution >= 4 is 45.7 Å². The van der Waals surface area contributed by atoms with Crippen molar-refractivity contribution in [1.82, 2.24) is 0 Å². The van der Waals surface area contributed by atoms with Crippen molar-refractivity contribution in [3.63, 3.8) is 0 Å². The number of rotatable bonds is 7. The number of nitrogens with one attached hydrogen (secondary N) is 2. The van der Waals surface area contributed by atoms with Gasteiger partial charge in [-0.25, -0.2) is 4.79 Å². The molecule has 0 saturated carbocycles. The zero-order valence-electron chi connectivity index (χ0n) is 16.6. The molecule has 0 aliphatic rings. The number of nitrogens with two attached hydrogens (primary N) is 1. The van der Waals surface area contributed by atoms with Gasteiger partial charge in [0.1, 0.15) is 5.00 Å². The van der Waals surface area contributed by atoms with Gasteiger partial charge < -0.3 is 25.5 Å². The summed E-state index contributed by atoms with van der Waals surface area (Å²) in [5.41, 5.74) is 6.70. The van der Waals surface area contributed by atoms with Crippen molar-refractivity contribution in [2.45, 2.75) is 20.0 Å². The molecule has 3 rings (SSSR count). The van der Waals surface area contributed by atoms with Gasteiger partial charge in [-0.2, -0.15) is 0 Å². The minimum absolute atomic E-state index is 0.126. The molecule has 1 aromatic carbocycles. The monoisotopic (exact) mass is 441 g/mol. The van der Waals surface area contributed by atoms with Crippen LogP contribution in [0.4, 0.5) is 10.7 Å². The van der Waals surface area contributed by atoms with Gasteiger partial charge >= 0.3 is 5.97 Å². The Labute approximate surface area is 181 Å². The first kappa shape index (κ1) is 21.8. The van der Waals surface area contributed by atoms with Gasteiger partial charge in [-0.3, -0.25) is 14.4 Å². The number of hydrogen-bond acceptors (Lipinski definition) is 7. The molecule has 1 atom stereocenters. The fraction of sp³-hybridized carbons (Fsp3) is 0.143. The van der Waals surface area contributed by atoms with Crippen molar-refractivity contribution in [2.24, 2.45) is 5.73 Å². The number of carbonyl (C=O) groups is 4. The predicted octanol–water partition coefficient (Wildman–Crippen LogP) is 3.18. The first-order valence-corrected chi connectivity index (χ1v) is 9.99. The van der Waals surface area contributed by atoms with Crippen molar-refractivity contribution in [1.29, 1.82) is 0 Å². The van der Waals surface area contributed by atoms with Crippen LogP contribution in [0.1, 0.15) is 43.8 Å². The van der Waals surface area contributed by atoms with Crippen LogP contribution in [0.15, 0.2) is 52.5 Å². The van der Waals surface area contributed by atoms with E-state index in [1.165, 1.54) is 37.5 Å². The van der Waals surface area contributed by atoms with Crippen LogP contribution >= 0.6 is 11.3 Å². The number of carbonyl (C=O) groups excluding carboxylic acids is 4. The van der Waals surface area contributed by atoms with Crippen molar-refractivity contribution in [2.75, 3.05) is 10.6 Å². The Balaban J connectivity index is 1.66. The van der Waals surface area contributed by atoms with Gasteiger partial charge in [-0.1, -0.05) is 6.07 Å². The maximum atomic E-state index is 12.5. The zero-order valence-corrected chi connectivity index (χ0v) is 17.4. The van der Waals surface area contributed by atoms with E-state index in [-0.39, 0.29) is 21.9 Å². The first-order valence-electron chi connectivity index (χ1n) is 9.11. The summed E-state index contributed by atoms with van der Waals surface area (Å²) >= 11 is 1.13. The minimum atomic E-state index is -1.14. The number of benzene rings is 1. The quantitative estimate of drug-likeness (QED) is 0.481. The minimum Gasteiger partial charge on any atom is -0.459 e. The van der Waals surface area contributed by atoms with Crippen LogP contribution in [-0.4, -0.2) is 29.8 Å². The molecule has 2 aromatic heterocycles. The van der Waals surface area contributed by atoms with E-state index >= 15 is 0 Å². The van der Waals surface area contributed by atoms with E-state index in [1.807, 2.05) is 0 Å². The average molecular weight is 441 g/mol. The average Bonchev–Trinajstić information content (AvgIpc) is 3.41. The standard InChI is InChI=1S/C21H19N3O6S/c1-11-5-6-13(10-15(11)23-19(27)16-4-3-8-29-16)21(28)30-12(2)18(26)24-20-14(17(22)25)7-9-31-20/h3-10,12H,1-2H3,(H2,22,25)(H,23,27)(H,24,26). The molecule has 0 spiro atoms. The van der Waals surface area contributed by atoms with Crippen LogP contribution in [-0.2, 0) is 9.53 Å². The highest BCUT2D eigenvalue weighted by molar-refractivity contribution is 7.14. The molecule has 4 N–H and O–H groups in total. The number of furan rings is 1. The van der Waals surface area contributed by atoms with E-state index in [4.69, 9.17) is 14.9 Å². The number of esters is 1. The van der Waals surface area contributed by atoms with Crippen molar-refractivity contribution < 1.29 is 28.3 Å². The smallest absolute Gasteiger partial charge is 0.338 e. The molecule has 0 aliphatic heterocycles. The number of aryl methyl sites for hydroxylation is 1. The van der Waals surface area contributed by atoms with Gasteiger partial charge in [0.05, 0.1) is 17.4 Å². The lowest BCUT2D eigenvalue weighted by atomic mass is 10.1. The van der Waals surface area contributed by atoms with Gasteiger partial charge in [-0.05, 0) is 55.1 Å². The number of amides is 3. The Morgan fingerprint density at radius 2 is 1.90 bits per heavy atom. The third-order valence-electron chi connectivity index (χ3n) is 4.29. The van der Waals surface area contributed by atoms with E-state index in [1.54, 1.807) is 24.4 Å². The molecule has 3 aromatic rings. The van der Waals surface area contributed by atoms with Crippen LogP contribution in [0.25, 0.3) is 0 Å². The highest BCUT2D eigenvalue weighted by Gasteiger charge is 2.22. The zero-order chi connectivity index (χ0) is 22.5. The molecule has 9 nitrogen and oxygen atoms in total. The highest BCUT2D eigenvalue weighted by Crippen LogP contribution is 2.23. The SMILES string of the molecule is Cc1ccc(C(=O)OC(C)C(=O)Nc2sccc2C(N)=O)cc1NC(=O)c1ccco1. The Morgan fingerprint density at radius 3 is 2.58 bits per heavy atom. The number of ether oxygens (including phenoxy) is 1.